The molecule has 6 atom stereocenters. The van der Waals surface area contributed by atoms with Gasteiger partial charge in [0.15, 0.2) is 0 Å². The average molecular weight is 1010 g/mol. The summed E-state index contributed by atoms with van der Waals surface area (Å²) in [4.78, 5) is 31.7. The summed E-state index contributed by atoms with van der Waals surface area (Å²) < 4.78 is 47.2. The molecule has 4 aromatic carbocycles. The number of imide groups is 1. The number of nitrogens with two attached hydrogens (primary N) is 1. The summed E-state index contributed by atoms with van der Waals surface area (Å²) >= 11 is 0. The third-order valence-corrected chi connectivity index (χ3v) is 15.4. The molecule has 0 aromatic heterocycles. The fraction of sp³-hybridized carbons (Fsp3) is 0.491. The molecule has 2 N–H and O–H groups in total. The summed E-state index contributed by atoms with van der Waals surface area (Å²) in [5.74, 6) is 2.72. The number of benzene rings is 4. The highest BCUT2D eigenvalue weighted by Crippen LogP contribution is 2.50. The molecule has 1 saturated heterocycles. The van der Waals surface area contributed by atoms with Crippen molar-refractivity contribution in [3.63, 3.8) is 0 Å². The highest BCUT2D eigenvalue weighted by molar-refractivity contribution is 7.44. The van der Waals surface area contributed by atoms with Crippen LogP contribution in [0.3, 0.4) is 0 Å². The molecule has 0 bridgehead atoms. The molecule has 3 amide bonds. The number of nitrogens with zero attached hydrogens (tertiary/aromatic N) is 4. The van der Waals surface area contributed by atoms with Gasteiger partial charge in [0.1, 0.15) is 41.3 Å². The Morgan fingerprint density at radius 2 is 1.40 bits per heavy atom. The topological polar surface area (TPSA) is 158 Å². The lowest BCUT2D eigenvalue weighted by Gasteiger charge is -2.39. The van der Waals surface area contributed by atoms with Crippen LogP contribution in [0.2, 0.25) is 0 Å². The van der Waals surface area contributed by atoms with Crippen molar-refractivity contribution in [1.82, 2.24) is 14.5 Å². The van der Waals surface area contributed by atoms with Crippen molar-refractivity contribution in [1.29, 1.82) is 5.26 Å². The highest BCUT2D eigenvalue weighted by Gasteiger charge is 2.48. The molecule has 3 unspecified atom stereocenters. The summed E-state index contributed by atoms with van der Waals surface area (Å²) in [6, 6.07) is 33.9. The molecule has 2 heterocycles. The zero-order chi connectivity index (χ0) is 52.0. The number of nitriles is 1. The van der Waals surface area contributed by atoms with E-state index in [1.54, 1.807) is 51.6 Å². The standard InChI is InChI=1S/C57H76N5O9P/c1-39(2)16-14-17-42(7)32-35-67-50-26-20-44(21-27-50)55(63)61-54(59)43(8)37-60(56(61)64)53-36-51(71-72(69-34-15-33-58)62(40(3)4)41(5)6)52(70-53)38-68-57(45-18-12-11-13-19-45,46-22-28-48(65-9)29-23-46)47-24-30-49(66-10)31-25-47/h11-13,18-31,37,39-42,51-54H,14-17,32,34-36,38,59H2,1-10H3/t42?,51-,52+,53+,54?,72?/m0/s1. The minimum Gasteiger partial charge on any atom is -0.497 e. The first-order valence-electron chi connectivity index (χ1n) is 25.3. The van der Waals surface area contributed by atoms with Crippen LogP contribution in [0.5, 0.6) is 17.2 Å². The molecule has 4 aromatic rings. The predicted octanol–water partition coefficient (Wildman–Crippen LogP) is 11.8. The van der Waals surface area contributed by atoms with Crippen molar-refractivity contribution in [2.24, 2.45) is 17.6 Å². The quantitative estimate of drug-likeness (QED) is 0.0361. The van der Waals surface area contributed by atoms with Crippen LogP contribution in [-0.4, -0.2) is 97.1 Å². The van der Waals surface area contributed by atoms with Gasteiger partial charge in [0.05, 0.1) is 52.6 Å². The number of carbonyl (C=O) groups excluding carboxylic acids is 2. The van der Waals surface area contributed by atoms with E-state index in [4.69, 9.17) is 38.5 Å². The molecular formula is C57H76N5O9P. The van der Waals surface area contributed by atoms with Crippen LogP contribution in [0.25, 0.3) is 0 Å². The number of ether oxygens (including phenoxy) is 5. The average Bonchev–Trinajstić information content (AvgIpc) is 3.77. The fourth-order valence-corrected chi connectivity index (χ4v) is 11.0. The Balaban J connectivity index is 1.32. The molecule has 1 fully saturated rings. The van der Waals surface area contributed by atoms with E-state index < -0.39 is 50.7 Å². The van der Waals surface area contributed by atoms with E-state index in [2.05, 4.69) is 59.2 Å². The molecule has 6 rings (SSSR count). The summed E-state index contributed by atoms with van der Waals surface area (Å²) in [7, 11) is 1.50. The van der Waals surface area contributed by atoms with Crippen LogP contribution < -0.4 is 19.9 Å². The van der Waals surface area contributed by atoms with E-state index in [0.29, 0.717) is 46.8 Å². The SMILES string of the molecule is COc1ccc(C(OC[C@H]2O[C@@H](N3C=C(C)C(N)N(C(=O)c4ccc(OCCC(C)CCCC(C)C)cc4)C3=O)C[C@@H]2OP(OCCC#N)N(C(C)C)C(C)C)(c2ccccc2)c2ccc(OC)cc2)cc1. The lowest BCUT2D eigenvalue weighted by Crippen LogP contribution is -2.59. The Kier molecular flexibility index (Phi) is 20.6. The van der Waals surface area contributed by atoms with E-state index in [-0.39, 0.29) is 38.1 Å². The third-order valence-electron chi connectivity index (χ3n) is 13.2. The first-order valence-corrected chi connectivity index (χ1v) is 26.5. The van der Waals surface area contributed by atoms with Gasteiger partial charge in [-0.15, -0.1) is 0 Å². The largest absolute Gasteiger partial charge is 0.497 e. The Hall–Kier alpha value is -5.36. The first-order chi connectivity index (χ1) is 34.6. The number of carbonyl (C=O) groups is 2. The van der Waals surface area contributed by atoms with E-state index in [0.717, 1.165) is 34.4 Å². The van der Waals surface area contributed by atoms with Gasteiger partial charge >= 0.3 is 6.03 Å². The van der Waals surface area contributed by atoms with Crippen LogP contribution in [0, 0.1) is 23.2 Å². The lowest BCUT2D eigenvalue weighted by atomic mass is 9.80. The second-order valence-corrected chi connectivity index (χ2v) is 21.1. The molecule has 15 heteroatoms. The summed E-state index contributed by atoms with van der Waals surface area (Å²) in [5, 5.41) is 9.51. The van der Waals surface area contributed by atoms with E-state index in [1.165, 1.54) is 17.7 Å². The maximum absolute atomic E-state index is 14.8. The van der Waals surface area contributed by atoms with Crippen LogP contribution in [-0.2, 0) is 24.1 Å². The van der Waals surface area contributed by atoms with Gasteiger partial charge in [0.25, 0.3) is 14.4 Å². The number of urea groups is 1. The third kappa shape index (κ3) is 13.8. The van der Waals surface area contributed by atoms with Gasteiger partial charge in [0.2, 0.25) is 0 Å². The summed E-state index contributed by atoms with van der Waals surface area (Å²) in [5.41, 5.74) is 8.87. The van der Waals surface area contributed by atoms with Crippen molar-refractivity contribution >= 4 is 20.5 Å². The van der Waals surface area contributed by atoms with Gasteiger partial charge in [-0.05, 0) is 124 Å². The summed E-state index contributed by atoms with van der Waals surface area (Å²) in [6.07, 6.45) is 3.15. The van der Waals surface area contributed by atoms with Gasteiger partial charge < -0.3 is 38.5 Å². The van der Waals surface area contributed by atoms with E-state index in [9.17, 15) is 14.9 Å². The highest BCUT2D eigenvalue weighted by atomic mass is 31.2. The predicted molar refractivity (Wildman–Crippen MR) is 281 cm³/mol. The number of rotatable bonds is 26. The summed E-state index contributed by atoms with van der Waals surface area (Å²) in [6.45, 7) is 17.6. The molecule has 2 aliphatic heterocycles. The Morgan fingerprint density at radius 3 is 1.96 bits per heavy atom. The smallest absolute Gasteiger partial charge is 0.334 e. The Bertz CT molecular complexity index is 2340. The van der Waals surface area contributed by atoms with Gasteiger partial charge in [-0.25, -0.2) is 14.4 Å². The molecular weight excluding hydrogens is 930 g/mol. The maximum atomic E-state index is 14.8. The zero-order valence-corrected chi connectivity index (χ0v) is 44.8. The van der Waals surface area contributed by atoms with Gasteiger partial charge in [0, 0.05) is 30.3 Å². The second kappa shape index (κ2) is 26.5. The molecule has 14 nitrogen and oxygen atoms in total. The molecule has 0 radical (unpaired) electrons. The minimum absolute atomic E-state index is 0.0167. The monoisotopic (exact) mass is 1010 g/mol. The van der Waals surface area contributed by atoms with Crippen LogP contribution in [0.1, 0.15) is 121 Å². The minimum atomic E-state index is -1.76. The van der Waals surface area contributed by atoms with Gasteiger partial charge in [-0.2, -0.15) is 5.26 Å². The van der Waals surface area contributed by atoms with Crippen LogP contribution in [0.15, 0.2) is 115 Å². The second-order valence-electron chi connectivity index (χ2n) is 19.6. The maximum Gasteiger partial charge on any atom is 0.334 e. The van der Waals surface area contributed by atoms with Gasteiger partial charge in [-0.3, -0.25) is 9.69 Å². The van der Waals surface area contributed by atoms with Crippen LogP contribution >= 0.6 is 8.53 Å². The molecule has 2 aliphatic rings. The van der Waals surface area contributed by atoms with Crippen molar-refractivity contribution in [3.05, 3.63) is 137 Å². The molecule has 72 heavy (non-hydrogen) atoms. The Labute approximate surface area is 429 Å². The van der Waals surface area contributed by atoms with Crippen molar-refractivity contribution in [2.45, 2.75) is 136 Å². The number of methoxy groups -OCH3 is 2. The molecule has 0 aliphatic carbocycles. The molecule has 0 saturated carbocycles. The number of hydrogen-bond acceptors (Lipinski definition) is 12. The number of amides is 3. The molecule has 388 valence electrons. The fourth-order valence-electron chi connectivity index (χ4n) is 9.27. The van der Waals surface area contributed by atoms with Crippen molar-refractivity contribution in [3.8, 4) is 23.3 Å². The first kappa shape index (κ1) is 55.9. The van der Waals surface area contributed by atoms with Crippen LogP contribution in [0.4, 0.5) is 4.79 Å². The molecule has 0 spiro atoms. The number of hydrogen-bond donors (Lipinski definition) is 1. The normalized spacial score (nSPS) is 19.2. The van der Waals surface area contributed by atoms with Crippen molar-refractivity contribution in [2.75, 3.05) is 34.0 Å². The van der Waals surface area contributed by atoms with Gasteiger partial charge in [-0.1, -0.05) is 94.6 Å². The Morgan fingerprint density at radius 1 is 0.819 bits per heavy atom. The zero-order valence-electron chi connectivity index (χ0n) is 43.9. The van der Waals surface area contributed by atoms with E-state index >= 15 is 0 Å². The van der Waals surface area contributed by atoms with Crippen molar-refractivity contribution < 1.29 is 42.3 Å². The lowest BCUT2D eigenvalue weighted by molar-refractivity contribution is -0.0974. The van der Waals surface area contributed by atoms with E-state index in [1.807, 2.05) is 78.9 Å².